The van der Waals surface area contributed by atoms with Crippen LogP contribution in [0.25, 0.3) is 0 Å². The van der Waals surface area contributed by atoms with Crippen LogP contribution in [0.1, 0.15) is 23.7 Å². The Balaban J connectivity index is 2.24. The summed E-state index contributed by atoms with van der Waals surface area (Å²) < 4.78 is 10.4. The van der Waals surface area contributed by atoms with Crippen LogP contribution in [-0.4, -0.2) is 25.7 Å². The summed E-state index contributed by atoms with van der Waals surface area (Å²) in [6.45, 7) is 2.21. The Bertz CT molecular complexity index is 399. The number of fused-ring (bicyclic) bond motifs is 1. The summed E-state index contributed by atoms with van der Waals surface area (Å²) >= 11 is 0. The summed E-state index contributed by atoms with van der Waals surface area (Å²) in [6.07, 6.45) is 0.768. The summed E-state index contributed by atoms with van der Waals surface area (Å²) in [6, 6.07) is 5.15. The van der Waals surface area contributed by atoms with Gasteiger partial charge in [0, 0.05) is 5.56 Å². The van der Waals surface area contributed by atoms with E-state index in [2.05, 4.69) is 5.32 Å². The highest BCUT2D eigenvalue weighted by molar-refractivity contribution is 6.00. The Labute approximate surface area is 94.6 Å². The maximum absolute atomic E-state index is 12.0. The third kappa shape index (κ3) is 1.88. The first-order chi connectivity index (χ1) is 7.76. The molecule has 1 atom stereocenters. The number of ketones is 1. The number of benzene rings is 1. The van der Waals surface area contributed by atoms with Gasteiger partial charge in [-0.3, -0.25) is 4.79 Å². The van der Waals surface area contributed by atoms with Crippen molar-refractivity contribution >= 4 is 5.78 Å². The van der Waals surface area contributed by atoms with Crippen LogP contribution in [0.5, 0.6) is 11.5 Å². The average Bonchev–Trinajstić information content (AvgIpc) is 2.77. The number of rotatable bonds is 4. The van der Waals surface area contributed by atoms with E-state index in [9.17, 15) is 4.79 Å². The van der Waals surface area contributed by atoms with Crippen LogP contribution in [-0.2, 0) is 0 Å². The molecular formula is C12H15NO3. The molecule has 1 aliphatic heterocycles. The lowest BCUT2D eigenvalue weighted by atomic mass is 10.0. The van der Waals surface area contributed by atoms with E-state index in [-0.39, 0.29) is 18.6 Å². The lowest BCUT2D eigenvalue weighted by Crippen LogP contribution is -2.33. The van der Waals surface area contributed by atoms with Gasteiger partial charge in [-0.25, -0.2) is 0 Å². The normalized spacial score (nSPS) is 14.9. The summed E-state index contributed by atoms with van der Waals surface area (Å²) in [5.41, 5.74) is 0.658. The average molecular weight is 221 g/mol. The predicted octanol–water partition coefficient (Wildman–Crippen LogP) is 1.60. The Hall–Kier alpha value is -1.55. The zero-order chi connectivity index (χ0) is 11.5. The van der Waals surface area contributed by atoms with Gasteiger partial charge >= 0.3 is 0 Å². The highest BCUT2D eigenvalue weighted by Gasteiger charge is 2.20. The molecule has 0 aromatic heterocycles. The smallest absolute Gasteiger partial charge is 0.231 e. The quantitative estimate of drug-likeness (QED) is 0.784. The number of hydrogen-bond donors (Lipinski definition) is 1. The molecule has 1 heterocycles. The molecule has 1 aliphatic rings. The van der Waals surface area contributed by atoms with Gasteiger partial charge < -0.3 is 14.8 Å². The Morgan fingerprint density at radius 2 is 2.19 bits per heavy atom. The van der Waals surface area contributed by atoms with Gasteiger partial charge in [0.15, 0.2) is 17.3 Å². The van der Waals surface area contributed by atoms with Gasteiger partial charge in [-0.2, -0.15) is 0 Å². The van der Waals surface area contributed by atoms with Crippen LogP contribution in [0.15, 0.2) is 18.2 Å². The van der Waals surface area contributed by atoms with E-state index < -0.39 is 0 Å². The molecule has 4 heteroatoms. The fraction of sp³-hybridized carbons (Fsp3) is 0.417. The zero-order valence-electron chi connectivity index (χ0n) is 9.45. The van der Waals surface area contributed by atoms with Crippen LogP contribution in [0.2, 0.25) is 0 Å². The monoisotopic (exact) mass is 221 g/mol. The predicted molar refractivity (Wildman–Crippen MR) is 60.0 cm³/mol. The van der Waals surface area contributed by atoms with Crippen molar-refractivity contribution in [3.8, 4) is 11.5 Å². The van der Waals surface area contributed by atoms with E-state index in [1.54, 1.807) is 25.2 Å². The molecule has 1 aromatic rings. The fourth-order valence-corrected chi connectivity index (χ4v) is 1.77. The number of likely N-dealkylation sites (N-methyl/N-ethyl adjacent to an activating group) is 1. The third-order valence-corrected chi connectivity index (χ3v) is 2.73. The minimum Gasteiger partial charge on any atom is -0.454 e. The van der Waals surface area contributed by atoms with Crippen molar-refractivity contribution in [3.05, 3.63) is 23.8 Å². The third-order valence-electron chi connectivity index (χ3n) is 2.73. The van der Waals surface area contributed by atoms with Gasteiger partial charge in [0.2, 0.25) is 6.79 Å². The van der Waals surface area contributed by atoms with Crippen molar-refractivity contribution < 1.29 is 14.3 Å². The lowest BCUT2D eigenvalue weighted by molar-refractivity contribution is 0.0944. The molecule has 0 amide bonds. The molecule has 0 bridgehead atoms. The molecule has 0 unspecified atom stereocenters. The van der Waals surface area contributed by atoms with Gasteiger partial charge in [-0.15, -0.1) is 0 Å². The standard InChI is InChI=1S/C12H15NO3/c1-3-9(13-2)12(14)8-4-5-10-11(6-8)16-7-15-10/h4-6,9,13H,3,7H2,1-2H3/t9-/m1/s1. The second kappa shape index (κ2) is 4.53. The van der Waals surface area contributed by atoms with Crippen molar-refractivity contribution in [2.75, 3.05) is 13.8 Å². The largest absolute Gasteiger partial charge is 0.454 e. The number of nitrogens with one attached hydrogen (secondary N) is 1. The van der Waals surface area contributed by atoms with Gasteiger partial charge in [0.1, 0.15) is 0 Å². The Morgan fingerprint density at radius 3 is 2.88 bits per heavy atom. The second-order valence-electron chi connectivity index (χ2n) is 3.68. The van der Waals surface area contributed by atoms with E-state index in [4.69, 9.17) is 9.47 Å². The minimum atomic E-state index is -0.139. The van der Waals surface area contributed by atoms with E-state index in [0.717, 1.165) is 6.42 Å². The van der Waals surface area contributed by atoms with Crippen LogP contribution in [0.4, 0.5) is 0 Å². The van der Waals surface area contributed by atoms with Crippen molar-refractivity contribution in [1.29, 1.82) is 0 Å². The molecule has 1 N–H and O–H groups in total. The highest BCUT2D eigenvalue weighted by atomic mass is 16.7. The molecule has 0 radical (unpaired) electrons. The maximum Gasteiger partial charge on any atom is 0.231 e. The van der Waals surface area contributed by atoms with E-state index in [0.29, 0.717) is 17.1 Å². The summed E-state index contributed by atoms with van der Waals surface area (Å²) in [5.74, 6) is 1.44. The molecule has 86 valence electrons. The van der Waals surface area contributed by atoms with Crippen LogP contribution in [0, 0.1) is 0 Å². The molecule has 0 saturated heterocycles. The van der Waals surface area contributed by atoms with E-state index in [1.807, 2.05) is 6.92 Å². The van der Waals surface area contributed by atoms with Gasteiger partial charge in [-0.05, 0) is 31.7 Å². The molecule has 16 heavy (non-hydrogen) atoms. The van der Waals surface area contributed by atoms with E-state index >= 15 is 0 Å². The highest BCUT2D eigenvalue weighted by Crippen LogP contribution is 2.32. The Morgan fingerprint density at radius 1 is 1.44 bits per heavy atom. The minimum absolute atomic E-state index is 0.0864. The van der Waals surface area contributed by atoms with Crippen LogP contribution < -0.4 is 14.8 Å². The first-order valence-corrected chi connectivity index (χ1v) is 5.37. The topological polar surface area (TPSA) is 47.6 Å². The van der Waals surface area contributed by atoms with Crippen molar-refractivity contribution in [3.63, 3.8) is 0 Å². The Kier molecular flexibility index (Phi) is 3.10. The first-order valence-electron chi connectivity index (χ1n) is 5.37. The first kappa shape index (κ1) is 11.0. The molecule has 1 aromatic carbocycles. The molecule has 0 saturated carbocycles. The number of carbonyl (C=O) groups excluding carboxylic acids is 1. The number of carbonyl (C=O) groups is 1. The fourth-order valence-electron chi connectivity index (χ4n) is 1.77. The van der Waals surface area contributed by atoms with Gasteiger partial charge in [-0.1, -0.05) is 6.92 Å². The number of Topliss-reactive ketones (excluding diaryl/α,β-unsaturated/α-hetero) is 1. The maximum atomic E-state index is 12.0. The van der Waals surface area contributed by atoms with Crippen molar-refractivity contribution in [2.45, 2.75) is 19.4 Å². The molecule has 0 spiro atoms. The molecule has 0 fully saturated rings. The van der Waals surface area contributed by atoms with Crippen LogP contribution >= 0.6 is 0 Å². The van der Waals surface area contributed by atoms with Crippen molar-refractivity contribution in [1.82, 2.24) is 5.32 Å². The second-order valence-corrected chi connectivity index (χ2v) is 3.68. The summed E-state index contributed by atoms with van der Waals surface area (Å²) in [7, 11) is 1.79. The van der Waals surface area contributed by atoms with E-state index in [1.165, 1.54) is 0 Å². The molecule has 4 nitrogen and oxygen atoms in total. The number of hydrogen-bond acceptors (Lipinski definition) is 4. The van der Waals surface area contributed by atoms with Crippen molar-refractivity contribution in [2.24, 2.45) is 0 Å². The van der Waals surface area contributed by atoms with Gasteiger partial charge in [0.05, 0.1) is 6.04 Å². The molecule has 0 aliphatic carbocycles. The zero-order valence-corrected chi connectivity index (χ0v) is 9.45. The summed E-state index contributed by atoms with van der Waals surface area (Å²) in [4.78, 5) is 12.0. The van der Waals surface area contributed by atoms with Gasteiger partial charge in [0.25, 0.3) is 0 Å². The lowest BCUT2D eigenvalue weighted by Gasteiger charge is -2.12. The summed E-state index contributed by atoms with van der Waals surface area (Å²) in [5, 5.41) is 3.00. The molecular weight excluding hydrogens is 206 g/mol. The van der Waals surface area contributed by atoms with Crippen LogP contribution in [0.3, 0.4) is 0 Å². The molecule has 2 rings (SSSR count). The SMILES string of the molecule is CC[C@@H](NC)C(=O)c1ccc2c(c1)OCO2. The number of ether oxygens (including phenoxy) is 2.